The van der Waals surface area contributed by atoms with Gasteiger partial charge in [0, 0.05) is 30.1 Å². The average Bonchev–Trinajstić information content (AvgIpc) is 2.83. The van der Waals surface area contributed by atoms with E-state index in [1.165, 1.54) is 10.9 Å². The number of nitrogens with one attached hydrogen (secondary N) is 2. The Morgan fingerprint density at radius 2 is 2.15 bits per heavy atom. The Morgan fingerprint density at radius 1 is 1.35 bits per heavy atom. The Morgan fingerprint density at radius 3 is 2.95 bits per heavy atom. The van der Waals surface area contributed by atoms with Crippen LogP contribution in [0, 0.1) is 5.92 Å². The van der Waals surface area contributed by atoms with Crippen molar-refractivity contribution in [2.75, 3.05) is 6.54 Å². The maximum atomic E-state index is 11.8. The van der Waals surface area contributed by atoms with E-state index in [4.69, 9.17) is 0 Å². The molecule has 0 spiro atoms. The summed E-state index contributed by atoms with van der Waals surface area (Å²) in [4.78, 5) is 15.0. The number of aliphatic hydroxyl groups is 1. The Kier molecular flexibility index (Phi) is 3.74. The van der Waals surface area contributed by atoms with E-state index in [9.17, 15) is 9.90 Å². The third-order valence-corrected chi connectivity index (χ3v) is 4.10. The van der Waals surface area contributed by atoms with Crippen LogP contribution in [0.3, 0.4) is 0 Å². The monoisotopic (exact) mass is 272 g/mol. The second kappa shape index (κ2) is 5.67. The molecule has 1 heterocycles. The van der Waals surface area contributed by atoms with E-state index < -0.39 is 0 Å². The highest BCUT2D eigenvalue weighted by molar-refractivity contribution is 5.84. The lowest BCUT2D eigenvalue weighted by Gasteiger charge is -2.31. The SMILES string of the molecule is O=C(CCc1c[nH]c2ccccc12)NCC1CC(O)C1. The van der Waals surface area contributed by atoms with Gasteiger partial charge in [0.05, 0.1) is 6.10 Å². The first-order valence-electron chi connectivity index (χ1n) is 7.22. The van der Waals surface area contributed by atoms with Gasteiger partial charge in [-0.2, -0.15) is 0 Å². The number of para-hydroxylation sites is 1. The van der Waals surface area contributed by atoms with Gasteiger partial charge in [-0.1, -0.05) is 18.2 Å². The fourth-order valence-corrected chi connectivity index (χ4v) is 2.80. The zero-order valence-electron chi connectivity index (χ0n) is 11.4. The van der Waals surface area contributed by atoms with E-state index in [1.54, 1.807) is 0 Å². The minimum Gasteiger partial charge on any atom is -0.393 e. The van der Waals surface area contributed by atoms with Gasteiger partial charge < -0.3 is 15.4 Å². The third-order valence-electron chi connectivity index (χ3n) is 4.10. The number of fused-ring (bicyclic) bond motifs is 1. The van der Waals surface area contributed by atoms with Crippen LogP contribution in [0.5, 0.6) is 0 Å². The molecule has 0 radical (unpaired) electrons. The molecule has 1 fully saturated rings. The average molecular weight is 272 g/mol. The number of hydrogen-bond acceptors (Lipinski definition) is 2. The number of benzene rings is 1. The minimum absolute atomic E-state index is 0.0941. The fourth-order valence-electron chi connectivity index (χ4n) is 2.80. The fraction of sp³-hybridized carbons (Fsp3) is 0.438. The maximum Gasteiger partial charge on any atom is 0.220 e. The molecule has 0 atom stereocenters. The van der Waals surface area contributed by atoms with Crippen LogP contribution in [0.4, 0.5) is 0 Å². The summed E-state index contributed by atoms with van der Waals surface area (Å²) in [7, 11) is 0. The van der Waals surface area contributed by atoms with Crippen LogP contribution in [0.25, 0.3) is 10.9 Å². The van der Waals surface area contributed by atoms with Crippen molar-refractivity contribution in [1.82, 2.24) is 10.3 Å². The first-order valence-corrected chi connectivity index (χ1v) is 7.22. The molecule has 2 aromatic rings. The van der Waals surface area contributed by atoms with Crippen molar-refractivity contribution in [3.8, 4) is 0 Å². The van der Waals surface area contributed by atoms with Crippen LogP contribution < -0.4 is 5.32 Å². The molecule has 4 heteroatoms. The molecular formula is C16H20N2O2. The normalized spacial score (nSPS) is 21.6. The van der Waals surface area contributed by atoms with Crippen LogP contribution in [0.2, 0.25) is 0 Å². The molecule has 0 bridgehead atoms. The second-order valence-corrected chi connectivity index (χ2v) is 5.65. The summed E-state index contributed by atoms with van der Waals surface area (Å²) < 4.78 is 0. The lowest BCUT2D eigenvalue weighted by Crippen LogP contribution is -2.38. The van der Waals surface area contributed by atoms with Gasteiger partial charge in [-0.15, -0.1) is 0 Å². The summed E-state index contributed by atoms with van der Waals surface area (Å²) in [6.45, 7) is 0.698. The van der Waals surface area contributed by atoms with Crippen molar-refractivity contribution in [1.29, 1.82) is 0 Å². The molecule has 3 rings (SSSR count). The van der Waals surface area contributed by atoms with Gasteiger partial charge in [-0.25, -0.2) is 0 Å². The molecule has 4 nitrogen and oxygen atoms in total. The Balaban J connectivity index is 1.48. The lowest BCUT2D eigenvalue weighted by molar-refractivity contribution is -0.121. The van der Waals surface area contributed by atoms with Gasteiger partial charge in [0.1, 0.15) is 0 Å². The summed E-state index contributed by atoms with van der Waals surface area (Å²) in [5.74, 6) is 0.554. The number of hydrogen-bond donors (Lipinski definition) is 3. The van der Waals surface area contributed by atoms with Gasteiger partial charge in [-0.05, 0) is 36.8 Å². The molecule has 1 aliphatic rings. The number of aromatic nitrogens is 1. The molecule has 0 unspecified atom stereocenters. The highest BCUT2D eigenvalue weighted by Gasteiger charge is 2.26. The first kappa shape index (κ1) is 13.2. The van der Waals surface area contributed by atoms with Crippen molar-refractivity contribution in [2.24, 2.45) is 5.92 Å². The number of carbonyl (C=O) groups is 1. The van der Waals surface area contributed by atoms with Crippen LogP contribution in [0.15, 0.2) is 30.5 Å². The molecule has 3 N–H and O–H groups in total. The van der Waals surface area contributed by atoms with Crippen molar-refractivity contribution in [2.45, 2.75) is 31.8 Å². The predicted molar refractivity (Wildman–Crippen MR) is 78.4 cm³/mol. The summed E-state index contributed by atoms with van der Waals surface area (Å²) >= 11 is 0. The zero-order chi connectivity index (χ0) is 13.9. The molecule has 1 aliphatic carbocycles. The maximum absolute atomic E-state index is 11.8. The van der Waals surface area contributed by atoms with Gasteiger partial charge in [-0.3, -0.25) is 4.79 Å². The van der Waals surface area contributed by atoms with Crippen molar-refractivity contribution >= 4 is 16.8 Å². The molecule has 106 valence electrons. The van der Waals surface area contributed by atoms with E-state index in [-0.39, 0.29) is 12.0 Å². The number of H-pyrrole nitrogens is 1. The number of carbonyl (C=O) groups excluding carboxylic acids is 1. The van der Waals surface area contributed by atoms with Gasteiger partial charge in [0.15, 0.2) is 0 Å². The summed E-state index contributed by atoms with van der Waals surface area (Å²) in [6.07, 6.45) is 4.74. The van der Waals surface area contributed by atoms with Crippen molar-refractivity contribution in [3.63, 3.8) is 0 Å². The molecule has 0 saturated heterocycles. The molecule has 1 aromatic carbocycles. The largest absolute Gasteiger partial charge is 0.393 e. The summed E-state index contributed by atoms with van der Waals surface area (Å²) in [5.41, 5.74) is 2.31. The van der Waals surface area contributed by atoms with Gasteiger partial charge in [0.2, 0.25) is 5.91 Å². The number of amides is 1. The summed E-state index contributed by atoms with van der Waals surface area (Å²) in [6, 6.07) is 8.14. The molecule has 0 aliphatic heterocycles. The second-order valence-electron chi connectivity index (χ2n) is 5.65. The van der Waals surface area contributed by atoms with Crippen molar-refractivity contribution < 1.29 is 9.90 Å². The van der Waals surface area contributed by atoms with Crippen LogP contribution in [-0.2, 0) is 11.2 Å². The molecule has 1 aromatic heterocycles. The van der Waals surface area contributed by atoms with Gasteiger partial charge >= 0.3 is 0 Å². The van der Waals surface area contributed by atoms with Crippen LogP contribution in [-0.4, -0.2) is 28.6 Å². The number of aryl methyl sites for hydroxylation is 1. The van der Waals surface area contributed by atoms with Crippen LogP contribution in [0.1, 0.15) is 24.8 Å². The van der Waals surface area contributed by atoms with E-state index in [2.05, 4.69) is 16.4 Å². The zero-order valence-corrected chi connectivity index (χ0v) is 11.4. The molecule has 1 saturated carbocycles. The number of aliphatic hydroxyl groups excluding tert-OH is 1. The Hall–Kier alpha value is -1.81. The Labute approximate surface area is 118 Å². The molecule has 1 amide bonds. The summed E-state index contributed by atoms with van der Waals surface area (Å²) in [5, 5.41) is 13.3. The van der Waals surface area contributed by atoms with Gasteiger partial charge in [0.25, 0.3) is 0 Å². The predicted octanol–water partition coefficient (Wildman–Crippen LogP) is 1.99. The van der Waals surface area contributed by atoms with E-state index in [0.29, 0.717) is 18.9 Å². The van der Waals surface area contributed by atoms with E-state index in [0.717, 1.165) is 24.8 Å². The van der Waals surface area contributed by atoms with E-state index in [1.807, 2.05) is 24.4 Å². The van der Waals surface area contributed by atoms with E-state index >= 15 is 0 Å². The lowest BCUT2D eigenvalue weighted by atomic mass is 9.82. The smallest absolute Gasteiger partial charge is 0.220 e. The molecule has 20 heavy (non-hydrogen) atoms. The minimum atomic E-state index is -0.150. The van der Waals surface area contributed by atoms with Crippen molar-refractivity contribution in [3.05, 3.63) is 36.0 Å². The third kappa shape index (κ3) is 2.85. The van der Waals surface area contributed by atoms with Crippen LogP contribution >= 0.6 is 0 Å². The highest BCUT2D eigenvalue weighted by Crippen LogP contribution is 2.26. The first-order chi connectivity index (χ1) is 9.72. The number of rotatable bonds is 5. The number of aromatic amines is 1. The Bertz CT molecular complexity index is 599. The topological polar surface area (TPSA) is 65.1 Å². The highest BCUT2D eigenvalue weighted by atomic mass is 16.3. The quantitative estimate of drug-likeness (QED) is 0.779. The molecular weight excluding hydrogens is 252 g/mol. The standard InChI is InChI=1S/C16H20N2O2/c19-13-7-11(8-13)9-18-16(20)6-5-12-10-17-15-4-2-1-3-14(12)15/h1-4,10-11,13,17,19H,5-9H2,(H,18,20).